The number of amides is 5. The van der Waals surface area contributed by atoms with Crippen LogP contribution in [0.3, 0.4) is 0 Å². The molecule has 6 atom stereocenters. The maximum absolute atomic E-state index is 14.4. The van der Waals surface area contributed by atoms with Gasteiger partial charge in [-0.05, 0) is 118 Å². The van der Waals surface area contributed by atoms with Crippen molar-refractivity contribution in [1.82, 2.24) is 41.7 Å². The summed E-state index contributed by atoms with van der Waals surface area (Å²) in [5.41, 5.74) is 8.62. The van der Waals surface area contributed by atoms with Crippen molar-refractivity contribution in [1.29, 1.82) is 0 Å². The van der Waals surface area contributed by atoms with Crippen molar-refractivity contribution in [3.05, 3.63) is 119 Å². The lowest BCUT2D eigenvalue weighted by Crippen LogP contribution is -2.59. The van der Waals surface area contributed by atoms with E-state index in [0.717, 1.165) is 82.9 Å². The first kappa shape index (κ1) is 54.5. The molecule has 16 heteroatoms. The Morgan fingerprint density at radius 1 is 0.616 bits per heavy atom. The Balaban J connectivity index is 0.00000149. The molecule has 5 amide bonds. The van der Waals surface area contributed by atoms with Gasteiger partial charge in [0.05, 0.1) is 37.4 Å². The first-order valence-corrected chi connectivity index (χ1v) is 26.0. The first-order valence-electron chi connectivity index (χ1n) is 26.0. The fraction of sp³-hybridized carbons (Fsp3) is 0.474. The van der Waals surface area contributed by atoms with Crippen LogP contribution in [-0.2, 0) is 38.2 Å². The van der Waals surface area contributed by atoms with Crippen molar-refractivity contribution in [2.24, 2.45) is 0 Å². The molecule has 2 heterocycles. The molecule has 0 bridgehead atoms. The van der Waals surface area contributed by atoms with Gasteiger partial charge in [-0.25, -0.2) is 0 Å². The predicted molar refractivity (Wildman–Crippen MR) is 281 cm³/mol. The number of benzene rings is 4. The van der Waals surface area contributed by atoms with Crippen LogP contribution in [0.4, 0.5) is 0 Å². The highest BCUT2D eigenvalue weighted by molar-refractivity contribution is 5.95. The maximum Gasteiger partial charge on any atom is 0.248 e. The van der Waals surface area contributed by atoms with Crippen LogP contribution in [0, 0.1) is 0 Å². The molecule has 4 unspecified atom stereocenters. The number of unbranched alkanes of at least 4 members (excludes halogenated alkanes) is 3. The van der Waals surface area contributed by atoms with E-state index in [2.05, 4.69) is 68.3 Å². The number of likely N-dealkylation sites (tertiary alicyclic amines) is 2. The standard InChI is InChI=1S/C54H67N7O7.C3H7NO/c1-34(55-3)50(62)57-47(54(66)61-30-18-28-46(61)52(64)59-49-42-25-13-9-21-38(42)39-22-10-14-26-43(39)49)35(2)68-32-16-6-5-15-31-67-33-44(56-4)53(65)60-29-17-27-45(60)51(63)58-48-40-23-11-7-19-36(40)37-20-8-12-24-41(37)48;1-4-2-3-5/h7-14,19-26,34-35,44-49,55-56H,5-6,15-18,27-33H2,1-4H3,(H,57,62)(H,58,63)(H,59,64);3-4H,2H2,1H3/t34-,35+,44?,45?,46?,47?;/m0./s1. The van der Waals surface area contributed by atoms with Crippen molar-refractivity contribution in [2.75, 3.05) is 60.6 Å². The van der Waals surface area contributed by atoms with Gasteiger partial charge in [0, 0.05) is 26.3 Å². The Kier molecular flexibility index (Phi) is 19.8. The number of hydrogen-bond acceptors (Lipinski definition) is 11. The highest BCUT2D eigenvalue weighted by Gasteiger charge is 2.42. The van der Waals surface area contributed by atoms with E-state index in [0.29, 0.717) is 52.1 Å². The minimum Gasteiger partial charge on any atom is -0.379 e. The summed E-state index contributed by atoms with van der Waals surface area (Å²) in [6, 6.07) is 28.5. The van der Waals surface area contributed by atoms with Crippen molar-refractivity contribution < 1.29 is 38.2 Å². The number of rotatable bonds is 23. The largest absolute Gasteiger partial charge is 0.379 e. The second-order valence-corrected chi connectivity index (χ2v) is 19.2. The lowest BCUT2D eigenvalue weighted by atomic mass is 10.0. The van der Waals surface area contributed by atoms with Gasteiger partial charge in [0.15, 0.2) is 0 Å². The summed E-state index contributed by atoms with van der Waals surface area (Å²) < 4.78 is 12.2. The Morgan fingerprint density at radius 2 is 1.07 bits per heavy atom. The summed E-state index contributed by atoms with van der Waals surface area (Å²) in [5, 5.41) is 18.2. The van der Waals surface area contributed by atoms with Crippen LogP contribution in [0.15, 0.2) is 97.1 Å². The topological polar surface area (TPSA) is 200 Å². The van der Waals surface area contributed by atoms with Crippen LogP contribution < -0.4 is 31.9 Å². The van der Waals surface area contributed by atoms with Gasteiger partial charge in [-0.2, -0.15) is 0 Å². The van der Waals surface area contributed by atoms with Crippen LogP contribution in [0.25, 0.3) is 22.3 Å². The second-order valence-electron chi connectivity index (χ2n) is 19.2. The lowest BCUT2D eigenvalue weighted by Gasteiger charge is -2.32. The molecular weight excluding hydrogens is 925 g/mol. The predicted octanol–water partition coefficient (Wildman–Crippen LogP) is 4.81. The average Bonchev–Trinajstić information content (AvgIpc) is 4.24. The highest BCUT2D eigenvalue weighted by Crippen LogP contribution is 2.44. The summed E-state index contributed by atoms with van der Waals surface area (Å²) >= 11 is 0. The molecule has 0 radical (unpaired) electrons. The van der Waals surface area contributed by atoms with Gasteiger partial charge in [-0.3, -0.25) is 24.0 Å². The van der Waals surface area contributed by atoms with E-state index < -0.39 is 36.3 Å². The number of aldehydes is 1. The van der Waals surface area contributed by atoms with E-state index >= 15 is 0 Å². The molecule has 2 aliphatic heterocycles. The van der Waals surface area contributed by atoms with Crippen molar-refractivity contribution in [3.63, 3.8) is 0 Å². The zero-order chi connectivity index (χ0) is 51.9. The monoisotopic (exact) mass is 999 g/mol. The smallest absolute Gasteiger partial charge is 0.248 e. The molecule has 0 aromatic heterocycles. The van der Waals surface area contributed by atoms with Gasteiger partial charge in [-0.1, -0.05) is 110 Å². The number of hydrogen-bond donors (Lipinski definition) is 6. The molecule has 6 N–H and O–H groups in total. The fourth-order valence-corrected chi connectivity index (χ4v) is 10.5. The number of carbonyl (C=O) groups excluding carboxylic acids is 6. The molecular formula is C57H74N8O8. The van der Waals surface area contributed by atoms with E-state index in [9.17, 15) is 28.8 Å². The van der Waals surface area contributed by atoms with Gasteiger partial charge in [-0.15, -0.1) is 0 Å². The number of likely N-dealkylation sites (N-methyl/N-ethyl adjacent to an activating group) is 3. The molecule has 0 saturated carbocycles. The van der Waals surface area contributed by atoms with Gasteiger partial charge >= 0.3 is 0 Å². The summed E-state index contributed by atoms with van der Waals surface area (Å²) in [4.78, 5) is 81.9. The molecule has 390 valence electrons. The van der Waals surface area contributed by atoms with E-state index in [1.165, 1.54) is 0 Å². The Morgan fingerprint density at radius 3 is 1.49 bits per heavy atom. The fourth-order valence-electron chi connectivity index (χ4n) is 10.5. The second kappa shape index (κ2) is 26.6. The van der Waals surface area contributed by atoms with Gasteiger partial charge < -0.3 is 56.0 Å². The summed E-state index contributed by atoms with van der Waals surface area (Å²) in [6.45, 7) is 5.96. The van der Waals surface area contributed by atoms with Crippen molar-refractivity contribution in [3.8, 4) is 22.3 Å². The lowest BCUT2D eigenvalue weighted by molar-refractivity contribution is -0.145. The molecule has 8 rings (SSSR count). The van der Waals surface area contributed by atoms with E-state index in [4.69, 9.17) is 9.47 Å². The SMILES string of the molecule is CNC(COCCCCCCO[C@H](C)C(NC(=O)[C@H](C)NC)C(=O)N1CCCC1C(=O)NC1c2ccccc2-c2ccccc21)C(=O)N1CCCC1C(=O)NC1c2ccccc2-c2ccccc21.CNCC=O. The van der Waals surface area contributed by atoms with Crippen LogP contribution in [0.2, 0.25) is 0 Å². The number of nitrogens with one attached hydrogen (secondary N) is 6. The molecule has 73 heavy (non-hydrogen) atoms. The Hall–Kier alpha value is -6.30. The summed E-state index contributed by atoms with van der Waals surface area (Å²) in [7, 11) is 5.16. The van der Waals surface area contributed by atoms with E-state index in [-0.39, 0.29) is 48.2 Å². The normalized spacial score (nSPS) is 18.3. The van der Waals surface area contributed by atoms with Crippen molar-refractivity contribution in [2.45, 2.75) is 114 Å². The first-order chi connectivity index (χ1) is 35.5. The van der Waals surface area contributed by atoms with Gasteiger partial charge in [0.25, 0.3) is 0 Å². The number of fused-ring (bicyclic) bond motifs is 6. The quantitative estimate of drug-likeness (QED) is 0.0441. The highest BCUT2D eigenvalue weighted by atomic mass is 16.5. The molecule has 4 aliphatic rings. The molecule has 2 aliphatic carbocycles. The maximum atomic E-state index is 14.4. The van der Waals surface area contributed by atoms with Crippen LogP contribution in [0.5, 0.6) is 0 Å². The Bertz CT molecular complexity index is 2450. The van der Waals surface area contributed by atoms with Crippen LogP contribution in [0.1, 0.15) is 99.6 Å². The summed E-state index contributed by atoms with van der Waals surface area (Å²) in [6.07, 6.45) is 5.98. The summed E-state index contributed by atoms with van der Waals surface area (Å²) in [5.74, 6) is -1.16. The van der Waals surface area contributed by atoms with Crippen LogP contribution >= 0.6 is 0 Å². The van der Waals surface area contributed by atoms with E-state index in [1.807, 2.05) is 60.7 Å². The zero-order valence-corrected chi connectivity index (χ0v) is 43.0. The van der Waals surface area contributed by atoms with Crippen LogP contribution in [-0.4, -0.2) is 143 Å². The number of ether oxygens (including phenoxy) is 2. The third-order valence-electron chi connectivity index (χ3n) is 14.6. The zero-order valence-electron chi connectivity index (χ0n) is 43.0. The third-order valence-corrected chi connectivity index (χ3v) is 14.6. The minimum atomic E-state index is -0.983. The Labute approximate surface area is 430 Å². The number of carbonyl (C=O) groups is 6. The molecule has 4 aromatic rings. The van der Waals surface area contributed by atoms with Crippen molar-refractivity contribution >= 4 is 35.8 Å². The number of nitrogens with zero attached hydrogens (tertiary/aromatic N) is 2. The minimum absolute atomic E-state index is 0.137. The molecule has 0 spiro atoms. The van der Waals surface area contributed by atoms with Gasteiger partial charge in [0.2, 0.25) is 29.5 Å². The van der Waals surface area contributed by atoms with E-state index in [1.54, 1.807) is 44.8 Å². The molecule has 16 nitrogen and oxygen atoms in total. The molecule has 4 aromatic carbocycles. The molecule has 2 fully saturated rings. The third kappa shape index (κ3) is 12.9. The molecule has 2 saturated heterocycles. The average molecular weight is 999 g/mol. The van der Waals surface area contributed by atoms with Gasteiger partial charge in [0.1, 0.15) is 30.5 Å².